The summed E-state index contributed by atoms with van der Waals surface area (Å²) in [5.41, 5.74) is 2.70. The van der Waals surface area contributed by atoms with Crippen LogP contribution in [0.25, 0.3) is 0 Å². The van der Waals surface area contributed by atoms with Crippen molar-refractivity contribution in [2.24, 2.45) is 0 Å². The summed E-state index contributed by atoms with van der Waals surface area (Å²) in [6.45, 7) is 1.85. The molecular weight excluding hydrogens is 443 g/mol. The average molecular weight is 467 g/mol. The molecule has 3 amide bonds. The molecule has 1 aromatic heterocycles. The predicted molar refractivity (Wildman–Crippen MR) is 125 cm³/mol. The normalized spacial score (nSPS) is 12.8. The molecule has 3 aromatic rings. The number of nitrogens with zero attached hydrogens (tertiary/aromatic N) is 2. The lowest BCUT2D eigenvalue weighted by atomic mass is 10.2. The molecule has 1 aliphatic rings. The molecule has 4 rings (SSSR count). The van der Waals surface area contributed by atoms with E-state index in [0.29, 0.717) is 22.1 Å². The van der Waals surface area contributed by atoms with Gasteiger partial charge in [-0.2, -0.15) is 0 Å². The van der Waals surface area contributed by atoms with Gasteiger partial charge in [-0.15, -0.1) is 11.3 Å². The summed E-state index contributed by atoms with van der Waals surface area (Å²) in [4.78, 5) is 43.4. The fourth-order valence-electron chi connectivity index (χ4n) is 3.28. The van der Waals surface area contributed by atoms with Crippen LogP contribution in [0.1, 0.15) is 34.5 Å². The minimum Gasteiger partial charge on any atom is -0.326 e. The Morgan fingerprint density at radius 3 is 2.39 bits per heavy atom. The second kappa shape index (κ2) is 9.91. The molecule has 2 N–H and O–H groups in total. The summed E-state index contributed by atoms with van der Waals surface area (Å²) in [6.07, 6.45) is 1.74. The van der Waals surface area contributed by atoms with E-state index in [1.807, 2.05) is 31.2 Å². The Hall–Kier alpha value is -3.59. The lowest BCUT2D eigenvalue weighted by Gasteiger charge is -2.21. The number of hydrogen-bond acceptors (Lipinski definition) is 5. The Kier molecular flexibility index (Phi) is 6.79. The van der Waals surface area contributed by atoms with E-state index in [9.17, 15) is 18.8 Å². The van der Waals surface area contributed by atoms with E-state index in [0.717, 1.165) is 18.4 Å². The SMILES string of the molecule is Cc1ccc(NC(=O)Cc2csc(NC(=O)CN(C(=O)c3ccc(F)cc3)C3CC3)n2)cc1. The maximum atomic E-state index is 13.2. The quantitative estimate of drug-likeness (QED) is 0.525. The molecule has 1 saturated carbocycles. The first-order chi connectivity index (χ1) is 15.9. The molecular formula is C24H23FN4O3S. The Bertz CT molecular complexity index is 1160. The van der Waals surface area contributed by atoms with E-state index in [4.69, 9.17) is 0 Å². The van der Waals surface area contributed by atoms with Gasteiger partial charge in [-0.1, -0.05) is 17.7 Å². The molecule has 0 radical (unpaired) electrons. The van der Waals surface area contributed by atoms with Crippen molar-refractivity contribution in [3.8, 4) is 0 Å². The molecule has 2 aromatic carbocycles. The number of amides is 3. The molecule has 1 aliphatic carbocycles. The fourth-order valence-corrected chi connectivity index (χ4v) is 4.00. The van der Waals surface area contributed by atoms with Crippen LogP contribution in [0.15, 0.2) is 53.9 Å². The third-order valence-corrected chi connectivity index (χ3v) is 5.94. The summed E-state index contributed by atoms with van der Waals surface area (Å²) in [6, 6.07) is 12.8. The number of anilines is 2. The smallest absolute Gasteiger partial charge is 0.254 e. The lowest BCUT2D eigenvalue weighted by Crippen LogP contribution is -2.39. The van der Waals surface area contributed by atoms with Gasteiger partial charge in [0.25, 0.3) is 5.91 Å². The fraction of sp³-hybridized carbons (Fsp3) is 0.250. The number of rotatable bonds is 8. The highest BCUT2D eigenvalue weighted by molar-refractivity contribution is 7.13. The first-order valence-electron chi connectivity index (χ1n) is 10.5. The van der Waals surface area contributed by atoms with Gasteiger partial charge in [-0.05, 0) is 56.2 Å². The minimum absolute atomic E-state index is 0.00521. The molecule has 1 fully saturated rings. The number of aryl methyl sites for hydroxylation is 1. The van der Waals surface area contributed by atoms with E-state index < -0.39 is 5.82 Å². The van der Waals surface area contributed by atoms with Gasteiger partial charge < -0.3 is 15.5 Å². The molecule has 0 unspecified atom stereocenters. The number of halogens is 1. The van der Waals surface area contributed by atoms with Crippen LogP contribution >= 0.6 is 11.3 Å². The van der Waals surface area contributed by atoms with Crippen LogP contribution in [0.5, 0.6) is 0 Å². The molecule has 1 heterocycles. The van der Waals surface area contributed by atoms with Crippen molar-refractivity contribution < 1.29 is 18.8 Å². The van der Waals surface area contributed by atoms with Crippen molar-refractivity contribution in [2.75, 3.05) is 17.2 Å². The van der Waals surface area contributed by atoms with Crippen molar-refractivity contribution in [1.29, 1.82) is 0 Å². The predicted octanol–water partition coefficient (Wildman–Crippen LogP) is 4.02. The van der Waals surface area contributed by atoms with E-state index >= 15 is 0 Å². The van der Waals surface area contributed by atoms with E-state index in [1.54, 1.807) is 5.38 Å². The monoisotopic (exact) mass is 466 g/mol. The van der Waals surface area contributed by atoms with Crippen LogP contribution in [0.3, 0.4) is 0 Å². The second-order valence-electron chi connectivity index (χ2n) is 7.95. The molecule has 0 aliphatic heterocycles. The van der Waals surface area contributed by atoms with Crippen molar-refractivity contribution in [3.05, 3.63) is 76.5 Å². The Morgan fingerprint density at radius 1 is 1.03 bits per heavy atom. The molecule has 170 valence electrons. The summed E-state index contributed by atoms with van der Waals surface area (Å²) in [7, 11) is 0. The Morgan fingerprint density at radius 2 is 1.73 bits per heavy atom. The number of hydrogen-bond donors (Lipinski definition) is 2. The third-order valence-electron chi connectivity index (χ3n) is 5.13. The zero-order valence-corrected chi connectivity index (χ0v) is 18.8. The van der Waals surface area contributed by atoms with E-state index in [1.165, 1.54) is 40.5 Å². The molecule has 0 saturated heterocycles. The van der Waals surface area contributed by atoms with Gasteiger partial charge in [0.2, 0.25) is 11.8 Å². The first-order valence-corrected chi connectivity index (χ1v) is 11.4. The van der Waals surface area contributed by atoms with Gasteiger partial charge in [-0.25, -0.2) is 9.37 Å². The standard InChI is InChI=1S/C24H23FN4O3S/c1-15-2-8-18(9-3-15)26-21(30)12-19-14-33-24(27-19)28-22(31)13-29(20-10-11-20)23(32)16-4-6-17(25)7-5-16/h2-9,14,20H,10-13H2,1H3,(H,26,30)(H,27,28,31). The molecule has 33 heavy (non-hydrogen) atoms. The minimum atomic E-state index is -0.422. The van der Waals surface area contributed by atoms with Crippen LogP contribution in [0.4, 0.5) is 15.2 Å². The maximum Gasteiger partial charge on any atom is 0.254 e. The van der Waals surface area contributed by atoms with Gasteiger partial charge in [0.15, 0.2) is 5.13 Å². The Labute approximate surface area is 194 Å². The van der Waals surface area contributed by atoms with Crippen LogP contribution in [0.2, 0.25) is 0 Å². The second-order valence-corrected chi connectivity index (χ2v) is 8.81. The number of benzene rings is 2. The van der Waals surface area contributed by atoms with E-state index in [2.05, 4.69) is 15.6 Å². The number of nitrogens with one attached hydrogen (secondary N) is 2. The number of carbonyl (C=O) groups is 3. The largest absolute Gasteiger partial charge is 0.326 e. The molecule has 0 spiro atoms. The zero-order valence-electron chi connectivity index (χ0n) is 18.0. The van der Waals surface area contributed by atoms with Gasteiger partial charge >= 0.3 is 0 Å². The number of carbonyl (C=O) groups excluding carboxylic acids is 3. The van der Waals surface area contributed by atoms with Crippen molar-refractivity contribution >= 4 is 39.9 Å². The van der Waals surface area contributed by atoms with Crippen LogP contribution in [-0.2, 0) is 16.0 Å². The topological polar surface area (TPSA) is 91.4 Å². The van der Waals surface area contributed by atoms with Crippen LogP contribution in [-0.4, -0.2) is 40.2 Å². The summed E-state index contributed by atoms with van der Waals surface area (Å²) in [5.74, 6) is -1.30. The maximum absolute atomic E-state index is 13.2. The highest BCUT2D eigenvalue weighted by Crippen LogP contribution is 2.28. The molecule has 9 heteroatoms. The average Bonchev–Trinajstić information content (AvgIpc) is 3.54. The van der Waals surface area contributed by atoms with Gasteiger partial charge in [0.05, 0.1) is 12.1 Å². The number of thiazole rings is 1. The molecule has 0 bridgehead atoms. The van der Waals surface area contributed by atoms with Crippen LogP contribution < -0.4 is 10.6 Å². The lowest BCUT2D eigenvalue weighted by molar-refractivity contribution is -0.117. The van der Waals surface area contributed by atoms with Gasteiger partial charge in [0.1, 0.15) is 12.4 Å². The van der Waals surface area contributed by atoms with Gasteiger partial charge in [-0.3, -0.25) is 14.4 Å². The Balaban J connectivity index is 1.31. The van der Waals surface area contributed by atoms with Crippen molar-refractivity contribution in [1.82, 2.24) is 9.88 Å². The number of aromatic nitrogens is 1. The third kappa shape index (κ3) is 6.23. The summed E-state index contributed by atoms with van der Waals surface area (Å²) >= 11 is 1.22. The van der Waals surface area contributed by atoms with Crippen molar-refractivity contribution in [3.63, 3.8) is 0 Å². The van der Waals surface area contributed by atoms with Crippen LogP contribution in [0, 0.1) is 12.7 Å². The zero-order chi connectivity index (χ0) is 23.4. The summed E-state index contributed by atoms with van der Waals surface area (Å²) in [5, 5.41) is 7.60. The van der Waals surface area contributed by atoms with Gasteiger partial charge in [0, 0.05) is 22.7 Å². The summed E-state index contributed by atoms with van der Waals surface area (Å²) < 4.78 is 13.2. The first kappa shape index (κ1) is 22.6. The molecule has 7 nitrogen and oxygen atoms in total. The van der Waals surface area contributed by atoms with Crippen molar-refractivity contribution in [2.45, 2.75) is 32.2 Å². The molecule has 0 atom stereocenters. The highest BCUT2D eigenvalue weighted by atomic mass is 32.1. The van der Waals surface area contributed by atoms with E-state index in [-0.39, 0.29) is 36.7 Å². The highest BCUT2D eigenvalue weighted by Gasteiger charge is 2.34.